The van der Waals surface area contributed by atoms with Gasteiger partial charge in [0.05, 0.1) is 5.41 Å². The maximum atomic E-state index is 11.5. The number of hydrogen-bond donors (Lipinski definition) is 3. The molecule has 1 aliphatic carbocycles. The Bertz CT molecular complexity index is 323. The number of nitrogens with zero attached hydrogens (tertiary/aromatic N) is 1. The van der Waals surface area contributed by atoms with E-state index in [0.717, 1.165) is 19.6 Å². The fourth-order valence-electron chi connectivity index (χ4n) is 2.26. The van der Waals surface area contributed by atoms with Crippen LogP contribution in [0.1, 0.15) is 25.7 Å². The molecule has 1 saturated heterocycles. The number of nitrogens with one attached hydrogen (secondary N) is 2. The number of urea groups is 1. The SMILES string of the molecule is O=C(NCCN1CCCC1)NCC1(C(=O)O)CC1. The molecule has 6 heteroatoms. The molecule has 102 valence electrons. The summed E-state index contributed by atoms with van der Waals surface area (Å²) in [7, 11) is 0. The van der Waals surface area contributed by atoms with E-state index in [2.05, 4.69) is 15.5 Å². The minimum atomic E-state index is -0.806. The van der Waals surface area contributed by atoms with Crippen molar-refractivity contribution in [1.82, 2.24) is 15.5 Å². The van der Waals surface area contributed by atoms with E-state index < -0.39 is 11.4 Å². The van der Waals surface area contributed by atoms with Gasteiger partial charge in [0, 0.05) is 19.6 Å². The highest BCUT2D eigenvalue weighted by Gasteiger charge is 2.50. The molecule has 2 fully saturated rings. The molecule has 0 unspecified atom stereocenters. The number of aliphatic carboxylic acids is 1. The van der Waals surface area contributed by atoms with Crippen molar-refractivity contribution < 1.29 is 14.7 Å². The van der Waals surface area contributed by atoms with Gasteiger partial charge in [0.2, 0.25) is 0 Å². The van der Waals surface area contributed by atoms with Crippen LogP contribution in [0.25, 0.3) is 0 Å². The van der Waals surface area contributed by atoms with Crippen LogP contribution in [-0.2, 0) is 4.79 Å². The van der Waals surface area contributed by atoms with Crippen molar-refractivity contribution >= 4 is 12.0 Å². The predicted octanol–water partition coefficient (Wildman–Crippen LogP) is 0.246. The number of carbonyl (C=O) groups excluding carboxylic acids is 1. The molecule has 1 saturated carbocycles. The van der Waals surface area contributed by atoms with Gasteiger partial charge in [0.25, 0.3) is 0 Å². The monoisotopic (exact) mass is 255 g/mol. The molecule has 3 N–H and O–H groups in total. The Balaban J connectivity index is 1.56. The van der Waals surface area contributed by atoms with Crippen LogP contribution in [0, 0.1) is 5.41 Å². The van der Waals surface area contributed by atoms with Crippen LogP contribution < -0.4 is 10.6 Å². The molecule has 0 radical (unpaired) electrons. The normalized spacial score (nSPS) is 21.6. The summed E-state index contributed by atoms with van der Waals surface area (Å²) >= 11 is 0. The van der Waals surface area contributed by atoms with Crippen molar-refractivity contribution in [3.63, 3.8) is 0 Å². The highest BCUT2D eigenvalue weighted by Crippen LogP contribution is 2.45. The molecule has 0 aromatic rings. The average Bonchev–Trinajstić information content (AvgIpc) is 2.97. The van der Waals surface area contributed by atoms with Crippen LogP contribution in [0.3, 0.4) is 0 Å². The van der Waals surface area contributed by atoms with Gasteiger partial charge in [0.1, 0.15) is 0 Å². The highest BCUT2D eigenvalue weighted by atomic mass is 16.4. The van der Waals surface area contributed by atoms with Gasteiger partial charge in [-0.15, -0.1) is 0 Å². The minimum absolute atomic E-state index is 0.234. The largest absolute Gasteiger partial charge is 0.481 e. The average molecular weight is 255 g/mol. The van der Waals surface area contributed by atoms with Crippen LogP contribution in [0.5, 0.6) is 0 Å². The van der Waals surface area contributed by atoms with Gasteiger partial charge in [-0.2, -0.15) is 0 Å². The summed E-state index contributed by atoms with van der Waals surface area (Å²) < 4.78 is 0. The Hall–Kier alpha value is -1.30. The molecule has 0 atom stereocenters. The Morgan fingerprint density at radius 1 is 1.17 bits per heavy atom. The zero-order valence-electron chi connectivity index (χ0n) is 10.6. The molecule has 0 spiro atoms. The summed E-state index contributed by atoms with van der Waals surface area (Å²) in [5.41, 5.74) is -0.688. The number of hydrogen-bond acceptors (Lipinski definition) is 3. The summed E-state index contributed by atoms with van der Waals surface area (Å²) in [6.45, 7) is 3.96. The standard InChI is InChI=1S/C12H21N3O3/c16-10(17)12(3-4-12)9-14-11(18)13-5-8-15-6-1-2-7-15/h1-9H2,(H,16,17)(H2,13,14,18). The van der Waals surface area contributed by atoms with Crippen LogP contribution >= 0.6 is 0 Å². The van der Waals surface area contributed by atoms with E-state index in [1.807, 2.05) is 0 Å². The van der Waals surface area contributed by atoms with Gasteiger partial charge in [-0.25, -0.2) is 4.79 Å². The van der Waals surface area contributed by atoms with Crippen LogP contribution in [-0.4, -0.2) is 54.7 Å². The molecule has 2 amide bonds. The van der Waals surface area contributed by atoms with Crippen LogP contribution in [0.4, 0.5) is 4.79 Å². The first-order valence-electron chi connectivity index (χ1n) is 6.60. The third-order valence-electron chi connectivity index (χ3n) is 3.81. The lowest BCUT2D eigenvalue weighted by atomic mass is 10.1. The van der Waals surface area contributed by atoms with Gasteiger partial charge in [-0.05, 0) is 38.8 Å². The molecular formula is C12H21N3O3. The second-order valence-electron chi connectivity index (χ2n) is 5.24. The number of carboxylic acids is 1. The molecule has 0 bridgehead atoms. The molecule has 2 rings (SSSR count). The third-order valence-corrected chi connectivity index (χ3v) is 3.81. The van der Waals surface area contributed by atoms with Gasteiger partial charge >= 0.3 is 12.0 Å². The number of carbonyl (C=O) groups is 2. The topological polar surface area (TPSA) is 81.7 Å². The van der Waals surface area contributed by atoms with E-state index in [9.17, 15) is 9.59 Å². The van der Waals surface area contributed by atoms with Crippen LogP contribution in [0.15, 0.2) is 0 Å². The Kier molecular flexibility index (Phi) is 4.06. The zero-order chi connectivity index (χ0) is 13.0. The highest BCUT2D eigenvalue weighted by molar-refractivity contribution is 5.80. The maximum absolute atomic E-state index is 11.5. The molecular weight excluding hydrogens is 234 g/mol. The van der Waals surface area contributed by atoms with Crippen molar-refractivity contribution in [1.29, 1.82) is 0 Å². The van der Waals surface area contributed by atoms with E-state index in [4.69, 9.17) is 5.11 Å². The molecule has 1 aliphatic heterocycles. The van der Waals surface area contributed by atoms with Gasteiger partial charge in [-0.1, -0.05) is 0 Å². The molecule has 0 aromatic carbocycles. The first kappa shape index (κ1) is 13.1. The lowest BCUT2D eigenvalue weighted by Gasteiger charge is -2.16. The fourth-order valence-corrected chi connectivity index (χ4v) is 2.26. The van der Waals surface area contributed by atoms with E-state index in [1.54, 1.807) is 0 Å². The lowest BCUT2D eigenvalue weighted by Crippen LogP contribution is -2.43. The Labute approximate surface area is 107 Å². The van der Waals surface area contributed by atoms with Crippen molar-refractivity contribution in [3.05, 3.63) is 0 Å². The lowest BCUT2D eigenvalue weighted by molar-refractivity contribution is -0.143. The molecule has 2 aliphatic rings. The summed E-state index contributed by atoms with van der Waals surface area (Å²) in [6, 6.07) is -0.262. The smallest absolute Gasteiger partial charge is 0.314 e. The predicted molar refractivity (Wildman–Crippen MR) is 66.4 cm³/mol. The second kappa shape index (κ2) is 5.56. The molecule has 0 aromatic heterocycles. The number of rotatable bonds is 6. The molecule has 6 nitrogen and oxygen atoms in total. The van der Waals surface area contributed by atoms with E-state index in [-0.39, 0.29) is 12.6 Å². The number of amides is 2. The molecule has 1 heterocycles. The first-order chi connectivity index (χ1) is 8.62. The van der Waals surface area contributed by atoms with Gasteiger partial charge < -0.3 is 20.6 Å². The Morgan fingerprint density at radius 2 is 1.83 bits per heavy atom. The van der Waals surface area contributed by atoms with E-state index in [0.29, 0.717) is 19.4 Å². The van der Waals surface area contributed by atoms with Gasteiger partial charge in [0.15, 0.2) is 0 Å². The van der Waals surface area contributed by atoms with E-state index >= 15 is 0 Å². The van der Waals surface area contributed by atoms with Crippen molar-refractivity contribution in [2.75, 3.05) is 32.7 Å². The van der Waals surface area contributed by atoms with Crippen molar-refractivity contribution in [2.24, 2.45) is 5.41 Å². The quantitative estimate of drug-likeness (QED) is 0.635. The third kappa shape index (κ3) is 3.35. The van der Waals surface area contributed by atoms with Crippen LogP contribution in [0.2, 0.25) is 0 Å². The number of carboxylic acid groups (broad SMARTS) is 1. The second-order valence-corrected chi connectivity index (χ2v) is 5.24. The van der Waals surface area contributed by atoms with Crippen molar-refractivity contribution in [3.8, 4) is 0 Å². The first-order valence-corrected chi connectivity index (χ1v) is 6.60. The molecule has 18 heavy (non-hydrogen) atoms. The summed E-state index contributed by atoms with van der Waals surface area (Å²) in [5, 5.41) is 14.4. The summed E-state index contributed by atoms with van der Waals surface area (Å²) in [6.07, 6.45) is 3.81. The van der Waals surface area contributed by atoms with Gasteiger partial charge in [-0.3, -0.25) is 4.79 Å². The van der Waals surface area contributed by atoms with Crippen molar-refractivity contribution in [2.45, 2.75) is 25.7 Å². The van der Waals surface area contributed by atoms with E-state index in [1.165, 1.54) is 12.8 Å². The summed E-state index contributed by atoms with van der Waals surface area (Å²) in [4.78, 5) is 24.7. The fraction of sp³-hybridized carbons (Fsp3) is 0.833. The zero-order valence-corrected chi connectivity index (χ0v) is 10.6. The summed E-state index contributed by atoms with van der Waals surface area (Å²) in [5.74, 6) is -0.806. The number of likely N-dealkylation sites (tertiary alicyclic amines) is 1. The maximum Gasteiger partial charge on any atom is 0.314 e. The Morgan fingerprint density at radius 3 is 2.39 bits per heavy atom. The minimum Gasteiger partial charge on any atom is -0.481 e.